The summed E-state index contributed by atoms with van der Waals surface area (Å²) in [4.78, 5) is 17.4. The summed E-state index contributed by atoms with van der Waals surface area (Å²) < 4.78 is 0. The first-order chi connectivity index (χ1) is 12.4. The molecule has 2 saturated heterocycles. The van der Waals surface area contributed by atoms with Gasteiger partial charge in [0.1, 0.15) is 0 Å². The molecule has 2 aliphatic heterocycles. The highest BCUT2D eigenvalue weighted by Gasteiger charge is 2.28. The van der Waals surface area contributed by atoms with Crippen LogP contribution in [0.2, 0.25) is 0 Å². The molecule has 4 heteroatoms. The summed E-state index contributed by atoms with van der Waals surface area (Å²) in [6.45, 7) is 11.6. The maximum absolute atomic E-state index is 12.8. The lowest BCUT2D eigenvalue weighted by Crippen LogP contribution is -2.52. The van der Waals surface area contributed by atoms with Crippen LogP contribution in [0.4, 0.5) is 4.79 Å². The summed E-state index contributed by atoms with van der Waals surface area (Å²) in [7, 11) is 0. The number of amides is 2. The van der Waals surface area contributed by atoms with E-state index in [1.54, 1.807) is 0 Å². The topological polar surface area (TPSA) is 35.6 Å². The van der Waals surface area contributed by atoms with E-state index >= 15 is 0 Å². The van der Waals surface area contributed by atoms with Gasteiger partial charge < -0.3 is 15.1 Å². The largest absolute Gasteiger partial charge is 0.334 e. The summed E-state index contributed by atoms with van der Waals surface area (Å²) in [5, 5.41) is 3.15. The first-order valence-corrected chi connectivity index (χ1v) is 10.3. The van der Waals surface area contributed by atoms with Crippen LogP contribution in [0.25, 0.3) is 0 Å². The lowest BCUT2D eigenvalue weighted by molar-refractivity contribution is 0.127. The molecule has 0 saturated carbocycles. The number of benzene rings is 1. The Morgan fingerprint density at radius 2 is 1.69 bits per heavy atom. The van der Waals surface area contributed by atoms with E-state index < -0.39 is 0 Å². The van der Waals surface area contributed by atoms with Crippen molar-refractivity contribution < 1.29 is 4.79 Å². The van der Waals surface area contributed by atoms with E-state index in [1.807, 2.05) is 0 Å². The highest BCUT2D eigenvalue weighted by Crippen LogP contribution is 2.23. The van der Waals surface area contributed by atoms with E-state index in [-0.39, 0.29) is 11.4 Å². The number of hydrogen-bond donors (Lipinski definition) is 1. The molecule has 144 valence electrons. The maximum Gasteiger partial charge on any atom is 0.317 e. The molecule has 2 heterocycles. The molecule has 1 atom stereocenters. The molecule has 2 amide bonds. The van der Waals surface area contributed by atoms with Gasteiger partial charge in [-0.25, -0.2) is 4.79 Å². The molecule has 3 rings (SSSR count). The number of rotatable bonds is 4. The Bertz CT molecular complexity index is 584. The average Bonchev–Trinajstić information content (AvgIpc) is 3.13. The molecule has 0 aliphatic carbocycles. The quantitative estimate of drug-likeness (QED) is 0.879. The summed E-state index contributed by atoms with van der Waals surface area (Å²) in [5.74, 6) is 0. The van der Waals surface area contributed by atoms with Crippen LogP contribution >= 0.6 is 0 Å². The van der Waals surface area contributed by atoms with Crippen molar-refractivity contribution >= 4 is 6.03 Å². The van der Waals surface area contributed by atoms with E-state index in [2.05, 4.69) is 60.2 Å². The number of carbonyl (C=O) groups excluding carboxylic acids is 1. The summed E-state index contributed by atoms with van der Waals surface area (Å²) >= 11 is 0. The molecule has 2 aliphatic rings. The highest BCUT2D eigenvalue weighted by molar-refractivity contribution is 5.74. The lowest BCUT2D eigenvalue weighted by Gasteiger charge is -2.37. The van der Waals surface area contributed by atoms with E-state index in [0.29, 0.717) is 12.6 Å². The predicted molar refractivity (Wildman–Crippen MR) is 107 cm³/mol. The number of hydrogen-bond acceptors (Lipinski definition) is 2. The monoisotopic (exact) mass is 357 g/mol. The van der Waals surface area contributed by atoms with Crippen LogP contribution in [-0.4, -0.2) is 48.1 Å². The van der Waals surface area contributed by atoms with Crippen LogP contribution in [-0.2, 0) is 12.0 Å². The third-order valence-corrected chi connectivity index (χ3v) is 5.82. The first-order valence-electron chi connectivity index (χ1n) is 10.3. The molecule has 0 spiro atoms. The lowest BCUT2D eigenvalue weighted by atomic mass is 9.87. The number of nitrogens with zero attached hydrogens (tertiary/aromatic N) is 2. The number of urea groups is 1. The molecule has 0 unspecified atom stereocenters. The summed E-state index contributed by atoms with van der Waals surface area (Å²) in [6.07, 6.45) is 6.14. The van der Waals surface area contributed by atoms with Gasteiger partial charge in [0, 0.05) is 25.7 Å². The zero-order valence-corrected chi connectivity index (χ0v) is 16.8. The van der Waals surface area contributed by atoms with Crippen LogP contribution in [0, 0.1) is 0 Å². The molecule has 0 bridgehead atoms. The van der Waals surface area contributed by atoms with Gasteiger partial charge in [0.15, 0.2) is 0 Å². The Balaban J connectivity index is 1.53. The van der Waals surface area contributed by atoms with E-state index in [0.717, 1.165) is 25.9 Å². The van der Waals surface area contributed by atoms with E-state index in [4.69, 9.17) is 0 Å². The van der Waals surface area contributed by atoms with Gasteiger partial charge in [-0.05, 0) is 61.7 Å². The number of nitrogens with one attached hydrogen (secondary N) is 1. The maximum atomic E-state index is 12.8. The van der Waals surface area contributed by atoms with Crippen molar-refractivity contribution in [3.05, 3.63) is 35.4 Å². The Morgan fingerprint density at radius 1 is 1.04 bits per heavy atom. The first kappa shape index (κ1) is 19.2. The smallest absolute Gasteiger partial charge is 0.317 e. The van der Waals surface area contributed by atoms with Crippen molar-refractivity contribution in [2.24, 2.45) is 0 Å². The minimum atomic E-state index is 0.105. The van der Waals surface area contributed by atoms with Crippen LogP contribution < -0.4 is 5.32 Å². The molecule has 26 heavy (non-hydrogen) atoms. The minimum absolute atomic E-state index is 0.105. The van der Waals surface area contributed by atoms with Crippen LogP contribution in [0.3, 0.4) is 0 Å². The van der Waals surface area contributed by atoms with Crippen molar-refractivity contribution in [1.82, 2.24) is 15.1 Å². The Labute approximate surface area is 158 Å². The Morgan fingerprint density at radius 3 is 2.35 bits per heavy atom. The van der Waals surface area contributed by atoms with Crippen LogP contribution in [0.5, 0.6) is 0 Å². The number of likely N-dealkylation sites (tertiary alicyclic amines) is 2. The minimum Gasteiger partial charge on any atom is -0.334 e. The molecule has 0 aromatic heterocycles. The molecular formula is C22H35N3O. The number of carbonyl (C=O) groups is 1. The molecule has 2 fully saturated rings. The van der Waals surface area contributed by atoms with Gasteiger partial charge >= 0.3 is 6.03 Å². The fourth-order valence-electron chi connectivity index (χ4n) is 4.12. The third kappa shape index (κ3) is 5.00. The highest BCUT2D eigenvalue weighted by atomic mass is 16.2. The van der Waals surface area contributed by atoms with Gasteiger partial charge in [-0.2, -0.15) is 0 Å². The standard InChI is InChI=1S/C22H35N3O/c1-22(2,3)19-11-9-18(10-12-19)16-23-21(26)25-15-5-4-8-20(25)17-24-13-6-7-14-24/h9-12,20H,4-8,13-17H2,1-3H3,(H,23,26)/t20-/m1/s1. The van der Waals surface area contributed by atoms with Gasteiger partial charge in [-0.3, -0.25) is 0 Å². The zero-order valence-electron chi connectivity index (χ0n) is 16.8. The second-order valence-corrected chi connectivity index (χ2v) is 8.96. The normalized spacial score (nSPS) is 21.8. The fraction of sp³-hybridized carbons (Fsp3) is 0.682. The molecule has 4 nitrogen and oxygen atoms in total. The summed E-state index contributed by atoms with van der Waals surface area (Å²) in [6, 6.07) is 9.12. The molecule has 1 N–H and O–H groups in total. The Hall–Kier alpha value is -1.55. The SMILES string of the molecule is CC(C)(C)c1ccc(CNC(=O)N2CCCC[C@@H]2CN2CCCC2)cc1. The van der Waals surface area contributed by atoms with E-state index in [1.165, 1.54) is 43.5 Å². The molecule has 1 aromatic rings. The van der Waals surface area contributed by atoms with Crippen LogP contribution in [0.1, 0.15) is 64.0 Å². The van der Waals surface area contributed by atoms with Crippen molar-refractivity contribution in [3.63, 3.8) is 0 Å². The third-order valence-electron chi connectivity index (χ3n) is 5.82. The van der Waals surface area contributed by atoms with Crippen molar-refractivity contribution in [1.29, 1.82) is 0 Å². The van der Waals surface area contributed by atoms with Crippen LogP contribution in [0.15, 0.2) is 24.3 Å². The van der Waals surface area contributed by atoms with Gasteiger partial charge in [0.05, 0.1) is 0 Å². The molecule has 0 radical (unpaired) electrons. The van der Waals surface area contributed by atoms with Crippen molar-refractivity contribution in [2.45, 2.75) is 70.9 Å². The average molecular weight is 358 g/mol. The Kier molecular flexibility index (Phi) is 6.23. The second-order valence-electron chi connectivity index (χ2n) is 8.96. The zero-order chi connectivity index (χ0) is 18.6. The predicted octanol–water partition coefficient (Wildman–Crippen LogP) is 4.14. The fourth-order valence-corrected chi connectivity index (χ4v) is 4.12. The van der Waals surface area contributed by atoms with Gasteiger partial charge in [-0.15, -0.1) is 0 Å². The molecular weight excluding hydrogens is 322 g/mol. The number of piperidine rings is 1. The molecule has 1 aromatic carbocycles. The van der Waals surface area contributed by atoms with Gasteiger partial charge in [0.25, 0.3) is 0 Å². The summed E-state index contributed by atoms with van der Waals surface area (Å²) in [5.41, 5.74) is 2.66. The van der Waals surface area contributed by atoms with Crippen molar-refractivity contribution in [2.75, 3.05) is 26.2 Å². The van der Waals surface area contributed by atoms with Gasteiger partial charge in [0.2, 0.25) is 0 Å². The van der Waals surface area contributed by atoms with E-state index in [9.17, 15) is 4.79 Å². The van der Waals surface area contributed by atoms with Gasteiger partial charge in [-0.1, -0.05) is 45.0 Å². The second kappa shape index (κ2) is 8.43. The van der Waals surface area contributed by atoms with Crippen molar-refractivity contribution in [3.8, 4) is 0 Å².